The van der Waals surface area contributed by atoms with Crippen LogP contribution in [0.5, 0.6) is 0 Å². The standard InChI is InChI=1S/C36H63N5O24/c1-9(47)39-19-25(53)29(13(5-43)57-32(19)56)62-34-18(38)24(52)28(14(6-44)59-34)64-35-21(41-11(3)49)27(55)31(16(8-46)61-35)65-36-20(40-10(2)48)26(54)30(15(7-45)60-36)63-33-17(37)23(51)22(50)12(4-42)58-33/h12-36,42-46,50-56H,4-8,37-38H2,1-3H3,(H,39,47)(H,40,48)(H,41,49). The van der Waals surface area contributed by atoms with Gasteiger partial charge in [0.25, 0.3) is 0 Å². The van der Waals surface area contributed by atoms with Crippen LogP contribution in [0, 0.1) is 0 Å². The Balaban J connectivity index is 1.34. The monoisotopic (exact) mass is 949 g/mol. The Hall–Kier alpha value is -2.51. The average molecular weight is 950 g/mol. The van der Waals surface area contributed by atoms with Gasteiger partial charge >= 0.3 is 0 Å². The molecule has 5 aliphatic heterocycles. The number of nitrogens with one attached hydrogen (secondary N) is 3. The van der Waals surface area contributed by atoms with Crippen molar-refractivity contribution >= 4 is 17.7 Å². The van der Waals surface area contributed by atoms with E-state index in [0.717, 1.165) is 20.8 Å². The van der Waals surface area contributed by atoms with Gasteiger partial charge in [-0.3, -0.25) is 14.4 Å². The highest BCUT2D eigenvalue weighted by molar-refractivity contribution is 5.74. The molecule has 5 heterocycles. The van der Waals surface area contributed by atoms with Crippen molar-refractivity contribution in [3.8, 4) is 0 Å². The average Bonchev–Trinajstić information content (AvgIpc) is 3.26. The number of rotatable bonds is 16. The van der Waals surface area contributed by atoms with Crippen molar-refractivity contribution < 1.29 is 118 Å². The van der Waals surface area contributed by atoms with E-state index in [2.05, 4.69) is 16.0 Å². The fraction of sp³-hybridized carbons (Fsp3) is 0.917. The lowest BCUT2D eigenvalue weighted by atomic mass is 9.93. The summed E-state index contributed by atoms with van der Waals surface area (Å²) in [7, 11) is 0. The fourth-order valence-electron chi connectivity index (χ4n) is 8.34. The second-order valence-corrected chi connectivity index (χ2v) is 16.3. The largest absolute Gasteiger partial charge is 0.394 e. The van der Waals surface area contributed by atoms with Crippen LogP contribution in [0.1, 0.15) is 20.8 Å². The molecule has 25 atom stereocenters. The first-order chi connectivity index (χ1) is 30.7. The zero-order valence-corrected chi connectivity index (χ0v) is 35.4. The number of aliphatic hydroxyl groups excluding tert-OH is 12. The van der Waals surface area contributed by atoms with Crippen LogP contribution in [0.2, 0.25) is 0 Å². The molecule has 0 aromatic carbocycles. The van der Waals surface area contributed by atoms with Crippen molar-refractivity contribution in [3.05, 3.63) is 0 Å². The van der Waals surface area contributed by atoms with E-state index in [-0.39, 0.29) is 0 Å². The molecular weight excluding hydrogens is 886 g/mol. The minimum absolute atomic E-state index is 0.654. The van der Waals surface area contributed by atoms with Gasteiger partial charge in [-0.05, 0) is 0 Å². The van der Waals surface area contributed by atoms with E-state index in [9.17, 15) is 75.7 Å². The van der Waals surface area contributed by atoms with Gasteiger partial charge in [0.15, 0.2) is 31.5 Å². The molecule has 0 bridgehead atoms. The minimum Gasteiger partial charge on any atom is -0.394 e. The molecule has 376 valence electrons. The van der Waals surface area contributed by atoms with Crippen LogP contribution in [0.25, 0.3) is 0 Å². The fourth-order valence-corrected chi connectivity index (χ4v) is 8.34. The molecule has 0 spiro atoms. The second-order valence-electron chi connectivity index (χ2n) is 16.3. The highest BCUT2D eigenvalue weighted by Crippen LogP contribution is 2.35. The van der Waals surface area contributed by atoms with E-state index in [1.165, 1.54) is 0 Å². The Morgan fingerprint density at radius 3 is 1.09 bits per heavy atom. The molecule has 0 aromatic rings. The van der Waals surface area contributed by atoms with Gasteiger partial charge < -0.3 is 131 Å². The first kappa shape index (κ1) is 53.4. The van der Waals surface area contributed by atoms with Gasteiger partial charge in [0, 0.05) is 20.8 Å². The molecule has 0 aromatic heterocycles. The predicted octanol–water partition coefficient (Wildman–Crippen LogP) is -11.6. The normalized spacial score (nSPS) is 47.1. The van der Waals surface area contributed by atoms with Gasteiger partial charge in [0.1, 0.15) is 110 Å². The molecule has 29 nitrogen and oxygen atoms in total. The van der Waals surface area contributed by atoms with Crippen LogP contribution >= 0.6 is 0 Å². The third-order valence-corrected chi connectivity index (χ3v) is 11.7. The number of carbonyl (C=O) groups excluding carboxylic acids is 3. The molecule has 5 rings (SSSR count). The number of ether oxygens (including phenoxy) is 9. The first-order valence-electron chi connectivity index (χ1n) is 20.7. The maximum absolute atomic E-state index is 12.5. The molecule has 5 saturated heterocycles. The molecule has 19 N–H and O–H groups in total. The lowest BCUT2D eigenvalue weighted by Gasteiger charge is -2.51. The maximum Gasteiger partial charge on any atom is 0.217 e. The van der Waals surface area contributed by atoms with Crippen molar-refractivity contribution in [2.24, 2.45) is 11.5 Å². The molecule has 0 radical (unpaired) electrons. The SMILES string of the molecule is CC(=O)NC1C(O)OC(CO)C(OC2OC(CO)C(OC3OC(CO)C(OC4OC(CO)C(OC5OC(CO)C(O)C(O)C5N)C(O)C4NC(C)=O)C(O)C3NC(C)=O)C(O)C2N)C1O. The third kappa shape index (κ3) is 11.9. The zero-order chi connectivity index (χ0) is 48.2. The van der Waals surface area contributed by atoms with Crippen molar-refractivity contribution in [1.29, 1.82) is 0 Å². The van der Waals surface area contributed by atoms with Gasteiger partial charge in [-0.25, -0.2) is 0 Å². The summed E-state index contributed by atoms with van der Waals surface area (Å²) in [6, 6.07) is -7.71. The molecule has 25 unspecified atom stereocenters. The molecule has 3 amide bonds. The Labute approximate surface area is 370 Å². The van der Waals surface area contributed by atoms with Gasteiger partial charge in [-0.1, -0.05) is 0 Å². The lowest BCUT2D eigenvalue weighted by molar-refractivity contribution is -0.366. The minimum atomic E-state index is -1.93. The van der Waals surface area contributed by atoms with E-state index in [1.807, 2.05) is 0 Å². The number of aliphatic hydroxyl groups is 12. The highest BCUT2D eigenvalue weighted by atomic mass is 16.8. The Morgan fingerprint density at radius 2 is 0.708 bits per heavy atom. The summed E-state index contributed by atoms with van der Waals surface area (Å²) in [4.78, 5) is 36.7. The number of nitrogens with two attached hydrogens (primary N) is 2. The van der Waals surface area contributed by atoms with Crippen molar-refractivity contribution in [1.82, 2.24) is 16.0 Å². The third-order valence-electron chi connectivity index (χ3n) is 11.7. The van der Waals surface area contributed by atoms with Crippen molar-refractivity contribution in [2.45, 2.75) is 174 Å². The van der Waals surface area contributed by atoms with Gasteiger partial charge in [-0.15, -0.1) is 0 Å². The van der Waals surface area contributed by atoms with Crippen molar-refractivity contribution in [2.75, 3.05) is 33.0 Å². The molecule has 5 fully saturated rings. The number of hydrogen-bond donors (Lipinski definition) is 17. The molecule has 5 aliphatic rings. The highest BCUT2D eigenvalue weighted by Gasteiger charge is 2.57. The van der Waals surface area contributed by atoms with Gasteiger partial charge in [0.05, 0.1) is 45.1 Å². The molecule has 0 saturated carbocycles. The Morgan fingerprint density at radius 1 is 0.415 bits per heavy atom. The van der Waals surface area contributed by atoms with Crippen LogP contribution in [0.3, 0.4) is 0 Å². The molecule has 29 heteroatoms. The smallest absolute Gasteiger partial charge is 0.217 e. The van der Waals surface area contributed by atoms with Crippen molar-refractivity contribution in [3.63, 3.8) is 0 Å². The molecule has 65 heavy (non-hydrogen) atoms. The molecular formula is C36H63N5O24. The number of amides is 3. The summed E-state index contributed by atoms with van der Waals surface area (Å²) < 4.78 is 52.2. The van der Waals surface area contributed by atoms with Crippen LogP contribution in [0.15, 0.2) is 0 Å². The van der Waals surface area contributed by atoms with Gasteiger partial charge in [-0.2, -0.15) is 0 Å². The van der Waals surface area contributed by atoms with Gasteiger partial charge in [0.2, 0.25) is 17.7 Å². The Bertz CT molecular complexity index is 1560. The number of carbonyl (C=O) groups is 3. The van der Waals surface area contributed by atoms with E-state index < -0.39 is 204 Å². The lowest BCUT2D eigenvalue weighted by Crippen LogP contribution is -2.71. The summed E-state index contributed by atoms with van der Waals surface area (Å²) in [6.07, 6.45) is -33.2. The summed E-state index contributed by atoms with van der Waals surface area (Å²) in [5.74, 6) is -2.17. The summed E-state index contributed by atoms with van der Waals surface area (Å²) >= 11 is 0. The van der Waals surface area contributed by atoms with Crippen LogP contribution < -0.4 is 27.4 Å². The maximum atomic E-state index is 12.5. The van der Waals surface area contributed by atoms with Crippen LogP contribution in [0.4, 0.5) is 0 Å². The quantitative estimate of drug-likeness (QED) is 0.0683. The molecule has 0 aliphatic carbocycles. The summed E-state index contributed by atoms with van der Waals surface area (Å²) in [5.41, 5.74) is 12.3. The van der Waals surface area contributed by atoms with E-state index in [0.29, 0.717) is 0 Å². The first-order valence-corrected chi connectivity index (χ1v) is 20.7. The predicted molar refractivity (Wildman–Crippen MR) is 205 cm³/mol. The van der Waals surface area contributed by atoms with E-state index in [1.54, 1.807) is 0 Å². The number of hydrogen-bond acceptors (Lipinski definition) is 26. The van der Waals surface area contributed by atoms with Crippen LogP contribution in [-0.2, 0) is 57.0 Å². The Kier molecular flexibility index (Phi) is 19.1. The van der Waals surface area contributed by atoms with E-state index in [4.69, 9.17) is 54.1 Å². The zero-order valence-electron chi connectivity index (χ0n) is 35.4. The van der Waals surface area contributed by atoms with E-state index >= 15 is 0 Å². The summed E-state index contributed by atoms with van der Waals surface area (Å²) in [6.45, 7) is -1.08. The summed E-state index contributed by atoms with van der Waals surface area (Å²) in [5, 5.41) is 135. The second kappa shape index (κ2) is 23.2. The van der Waals surface area contributed by atoms with Crippen LogP contribution in [-0.4, -0.2) is 265 Å². The topological polar surface area (TPSA) is 465 Å².